The minimum atomic E-state index is -1.03. The lowest BCUT2D eigenvalue weighted by Crippen LogP contribution is -2.14. The predicted octanol–water partition coefficient (Wildman–Crippen LogP) is 3.50. The molecule has 0 aromatic heterocycles. The van der Waals surface area contributed by atoms with Gasteiger partial charge in [-0.1, -0.05) is 11.6 Å². The Hall–Kier alpha value is -3.30. The molecule has 2 aromatic rings. The Labute approximate surface area is 143 Å². The second-order valence-corrected chi connectivity index (χ2v) is 5.09. The number of nitriles is 1. The van der Waals surface area contributed by atoms with Crippen molar-refractivity contribution < 1.29 is 14.7 Å². The molecule has 0 heterocycles. The van der Waals surface area contributed by atoms with Crippen molar-refractivity contribution in [2.45, 2.75) is 0 Å². The van der Waals surface area contributed by atoms with Gasteiger partial charge in [-0.15, -0.1) is 0 Å². The number of amides is 1. The smallest absolute Gasteiger partial charge is 0.335 e. The number of hydrogen-bond donors (Lipinski definition) is 3. The fraction of sp³-hybridized carbons (Fsp3) is 0. The molecule has 6 nitrogen and oxygen atoms in total. The van der Waals surface area contributed by atoms with Gasteiger partial charge in [-0.2, -0.15) is 5.26 Å². The van der Waals surface area contributed by atoms with Crippen molar-refractivity contribution in [3.8, 4) is 6.07 Å². The highest BCUT2D eigenvalue weighted by Gasteiger charge is 2.09. The van der Waals surface area contributed by atoms with E-state index >= 15 is 0 Å². The van der Waals surface area contributed by atoms with Gasteiger partial charge in [-0.05, 0) is 48.5 Å². The van der Waals surface area contributed by atoms with Crippen LogP contribution in [-0.2, 0) is 4.79 Å². The number of hydrogen-bond acceptors (Lipinski definition) is 4. The van der Waals surface area contributed by atoms with Gasteiger partial charge in [0.1, 0.15) is 11.6 Å². The highest BCUT2D eigenvalue weighted by atomic mass is 35.5. The summed E-state index contributed by atoms with van der Waals surface area (Å²) in [5, 5.41) is 23.8. The lowest BCUT2D eigenvalue weighted by atomic mass is 10.2. The standard InChI is InChI=1S/C17H12ClN3O3/c18-13-3-7-15(8-4-13)21-16(22)12(9-19)10-20-14-5-1-11(2-6-14)17(23)24/h1-8,10,20H,(H,21,22)(H,23,24)/b12-10-. The number of carboxylic acids is 1. The Balaban J connectivity index is 2.05. The Morgan fingerprint density at radius 2 is 1.62 bits per heavy atom. The van der Waals surface area contributed by atoms with Crippen molar-refractivity contribution in [2.24, 2.45) is 0 Å². The van der Waals surface area contributed by atoms with Crippen molar-refractivity contribution in [2.75, 3.05) is 10.6 Å². The lowest BCUT2D eigenvalue weighted by Gasteiger charge is -2.05. The van der Waals surface area contributed by atoms with Crippen LogP contribution in [0.2, 0.25) is 5.02 Å². The molecule has 0 atom stereocenters. The van der Waals surface area contributed by atoms with Gasteiger partial charge in [0.25, 0.3) is 5.91 Å². The van der Waals surface area contributed by atoms with Gasteiger partial charge in [0.15, 0.2) is 0 Å². The van der Waals surface area contributed by atoms with Crippen molar-refractivity contribution in [3.05, 3.63) is 70.9 Å². The fourth-order valence-electron chi connectivity index (χ4n) is 1.74. The van der Waals surface area contributed by atoms with Crippen LogP contribution >= 0.6 is 11.6 Å². The molecule has 7 heteroatoms. The van der Waals surface area contributed by atoms with E-state index in [-0.39, 0.29) is 11.1 Å². The molecule has 2 rings (SSSR count). The zero-order valence-electron chi connectivity index (χ0n) is 12.3. The van der Waals surface area contributed by atoms with Gasteiger partial charge in [-0.3, -0.25) is 4.79 Å². The summed E-state index contributed by atoms with van der Waals surface area (Å²) in [4.78, 5) is 22.8. The van der Waals surface area contributed by atoms with Crippen LogP contribution in [0.5, 0.6) is 0 Å². The molecule has 0 saturated carbocycles. The summed E-state index contributed by atoms with van der Waals surface area (Å²) in [5.41, 5.74) is 1.07. The quantitative estimate of drug-likeness (QED) is 0.570. The first-order valence-corrected chi connectivity index (χ1v) is 7.14. The molecular formula is C17H12ClN3O3. The summed E-state index contributed by atoms with van der Waals surface area (Å²) >= 11 is 5.76. The van der Waals surface area contributed by atoms with Crippen molar-refractivity contribution in [1.29, 1.82) is 5.26 Å². The highest BCUT2D eigenvalue weighted by molar-refractivity contribution is 6.30. The Morgan fingerprint density at radius 3 is 2.17 bits per heavy atom. The van der Waals surface area contributed by atoms with Crippen LogP contribution in [0.4, 0.5) is 11.4 Å². The second-order valence-electron chi connectivity index (χ2n) is 4.66. The maximum Gasteiger partial charge on any atom is 0.335 e. The molecule has 120 valence electrons. The molecular weight excluding hydrogens is 330 g/mol. The molecule has 0 spiro atoms. The molecule has 0 aliphatic rings. The zero-order valence-corrected chi connectivity index (χ0v) is 13.0. The molecule has 0 unspecified atom stereocenters. The van der Waals surface area contributed by atoms with E-state index in [9.17, 15) is 9.59 Å². The Kier molecular flexibility index (Phi) is 5.55. The maximum absolute atomic E-state index is 12.0. The second kappa shape index (κ2) is 7.81. The number of halogens is 1. The summed E-state index contributed by atoms with van der Waals surface area (Å²) in [6.45, 7) is 0. The molecule has 0 fully saturated rings. The molecule has 0 bridgehead atoms. The minimum Gasteiger partial charge on any atom is -0.478 e. The largest absolute Gasteiger partial charge is 0.478 e. The van der Waals surface area contributed by atoms with Crippen molar-refractivity contribution >= 4 is 34.9 Å². The number of carbonyl (C=O) groups excluding carboxylic acids is 1. The average molecular weight is 342 g/mol. The van der Waals surface area contributed by atoms with E-state index in [1.165, 1.54) is 30.5 Å². The summed E-state index contributed by atoms with van der Waals surface area (Å²) in [7, 11) is 0. The number of nitrogens with zero attached hydrogens (tertiary/aromatic N) is 1. The molecule has 3 N–H and O–H groups in total. The Morgan fingerprint density at radius 1 is 1.04 bits per heavy atom. The number of anilines is 2. The maximum atomic E-state index is 12.0. The highest BCUT2D eigenvalue weighted by Crippen LogP contribution is 2.14. The molecule has 0 saturated heterocycles. The van der Waals surface area contributed by atoms with Crippen molar-refractivity contribution in [3.63, 3.8) is 0 Å². The van der Waals surface area contributed by atoms with E-state index in [0.717, 1.165) is 0 Å². The van der Waals surface area contributed by atoms with Gasteiger partial charge >= 0.3 is 5.97 Å². The van der Waals surface area contributed by atoms with Crippen LogP contribution in [0, 0.1) is 11.3 Å². The van der Waals surface area contributed by atoms with Crippen LogP contribution in [-0.4, -0.2) is 17.0 Å². The van der Waals surface area contributed by atoms with Gasteiger partial charge in [-0.25, -0.2) is 4.79 Å². The number of rotatable bonds is 5. The summed E-state index contributed by atoms with van der Waals surface area (Å²) in [6, 6.07) is 14.2. The fourth-order valence-corrected chi connectivity index (χ4v) is 1.87. The van der Waals surface area contributed by atoms with E-state index in [1.807, 2.05) is 0 Å². The van der Waals surface area contributed by atoms with Crippen LogP contribution in [0.1, 0.15) is 10.4 Å². The van der Waals surface area contributed by atoms with Gasteiger partial charge in [0.05, 0.1) is 5.56 Å². The van der Waals surface area contributed by atoms with Gasteiger partial charge in [0, 0.05) is 22.6 Å². The van der Waals surface area contributed by atoms with Crippen molar-refractivity contribution in [1.82, 2.24) is 0 Å². The molecule has 1 amide bonds. The number of carboxylic acid groups (broad SMARTS) is 1. The number of carbonyl (C=O) groups is 2. The molecule has 0 radical (unpaired) electrons. The van der Waals surface area contributed by atoms with E-state index in [2.05, 4.69) is 10.6 Å². The predicted molar refractivity (Wildman–Crippen MR) is 90.8 cm³/mol. The normalized spacial score (nSPS) is 10.6. The average Bonchev–Trinajstić information content (AvgIpc) is 2.58. The van der Waals surface area contributed by atoms with E-state index in [0.29, 0.717) is 16.4 Å². The number of benzene rings is 2. The Bertz CT molecular complexity index is 822. The summed E-state index contributed by atoms with van der Waals surface area (Å²) in [5.74, 6) is -1.60. The SMILES string of the molecule is N#C/C(=C/Nc1ccc(C(=O)O)cc1)C(=O)Nc1ccc(Cl)cc1. The third-order valence-electron chi connectivity index (χ3n) is 2.98. The van der Waals surface area contributed by atoms with Gasteiger partial charge < -0.3 is 15.7 Å². The minimum absolute atomic E-state index is 0.132. The van der Waals surface area contributed by atoms with Crippen LogP contribution < -0.4 is 10.6 Å². The number of aromatic carboxylic acids is 1. The van der Waals surface area contributed by atoms with Gasteiger partial charge in [0.2, 0.25) is 0 Å². The van der Waals surface area contributed by atoms with Crippen LogP contribution in [0.3, 0.4) is 0 Å². The first-order valence-electron chi connectivity index (χ1n) is 6.76. The summed E-state index contributed by atoms with van der Waals surface area (Å²) in [6.07, 6.45) is 1.25. The topological polar surface area (TPSA) is 102 Å². The first-order chi connectivity index (χ1) is 11.5. The first kappa shape index (κ1) is 17.1. The molecule has 0 aliphatic heterocycles. The van der Waals surface area contributed by atoms with Crippen LogP contribution in [0.25, 0.3) is 0 Å². The lowest BCUT2D eigenvalue weighted by molar-refractivity contribution is -0.112. The van der Waals surface area contributed by atoms with E-state index in [1.54, 1.807) is 30.3 Å². The zero-order chi connectivity index (χ0) is 17.5. The van der Waals surface area contributed by atoms with Crippen LogP contribution in [0.15, 0.2) is 60.3 Å². The molecule has 2 aromatic carbocycles. The third-order valence-corrected chi connectivity index (χ3v) is 3.23. The third kappa shape index (κ3) is 4.60. The summed E-state index contributed by atoms with van der Waals surface area (Å²) < 4.78 is 0. The molecule has 24 heavy (non-hydrogen) atoms. The van der Waals surface area contributed by atoms with E-state index in [4.69, 9.17) is 22.0 Å². The number of nitrogens with one attached hydrogen (secondary N) is 2. The molecule has 0 aliphatic carbocycles. The van der Waals surface area contributed by atoms with E-state index < -0.39 is 11.9 Å². The monoisotopic (exact) mass is 341 g/mol.